The number of benzene rings is 3. The fourth-order valence-corrected chi connectivity index (χ4v) is 10.7. The second kappa shape index (κ2) is 10.8. The van der Waals surface area contributed by atoms with Crippen LogP contribution >= 0.6 is 0 Å². The Bertz CT molecular complexity index is 1170. The van der Waals surface area contributed by atoms with Crippen LogP contribution in [0.15, 0.2) is 91.0 Å². The van der Waals surface area contributed by atoms with Crippen molar-refractivity contribution in [1.29, 1.82) is 0 Å². The van der Waals surface area contributed by atoms with Gasteiger partial charge in [0.2, 0.25) is 5.91 Å². The number of likely N-dealkylation sites (tertiary alicyclic amines) is 1. The minimum Gasteiger partial charge on any atom is -0.405 e. The Labute approximate surface area is 229 Å². The lowest BCUT2D eigenvalue weighted by Gasteiger charge is -2.44. The molecule has 0 unspecified atom stereocenters. The molecule has 3 aromatic rings. The number of rotatable bonds is 9. The summed E-state index contributed by atoms with van der Waals surface area (Å²) < 4.78 is 13.8. The van der Waals surface area contributed by atoms with Crippen LogP contribution in [0.4, 0.5) is 0 Å². The van der Waals surface area contributed by atoms with Crippen LogP contribution in [-0.2, 0) is 20.6 Å². The van der Waals surface area contributed by atoms with Gasteiger partial charge in [0.05, 0.1) is 24.9 Å². The fourth-order valence-electron chi connectivity index (χ4n) is 6.05. The smallest absolute Gasteiger partial charge is 0.261 e. The topological polar surface area (TPSA) is 38.8 Å². The molecule has 0 radical (unpaired) electrons. The lowest BCUT2D eigenvalue weighted by atomic mass is 10.0. The molecule has 2 atom stereocenters. The summed E-state index contributed by atoms with van der Waals surface area (Å²) in [5.74, 6) is 0.440. The van der Waals surface area contributed by atoms with Crippen LogP contribution in [0.1, 0.15) is 52.5 Å². The molecular weight excluding hydrogens is 486 g/mol. The van der Waals surface area contributed by atoms with Crippen LogP contribution in [-0.4, -0.2) is 43.9 Å². The van der Waals surface area contributed by atoms with Crippen molar-refractivity contribution in [3.63, 3.8) is 0 Å². The number of ether oxygens (including phenoxy) is 1. The third kappa shape index (κ3) is 5.51. The molecule has 38 heavy (non-hydrogen) atoms. The van der Waals surface area contributed by atoms with E-state index in [1.54, 1.807) is 0 Å². The van der Waals surface area contributed by atoms with E-state index in [0.29, 0.717) is 19.8 Å². The Kier molecular flexibility index (Phi) is 7.63. The second-order valence-corrected chi connectivity index (χ2v) is 16.6. The van der Waals surface area contributed by atoms with E-state index >= 15 is 0 Å². The summed E-state index contributed by atoms with van der Waals surface area (Å²) in [5.41, 5.74) is 0.751. The van der Waals surface area contributed by atoms with Crippen molar-refractivity contribution in [2.24, 2.45) is 5.92 Å². The summed E-state index contributed by atoms with van der Waals surface area (Å²) in [5, 5.41) is 2.42. The van der Waals surface area contributed by atoms with Crippen molar-refractivity contribution >= 4 is 24.6 Å². The van der Waals surface area contributed by atoms with Crippen LogP contribution in [0.25, 0.3) is 0 Å². The molecule has 1 saturated carbocycles. The predicted molar refractivity (Wildman–Crippen MR) is 156 cm³/mol. The van der Waals surface area contributed by atoms with E-state index in [1.165, 1.54) is 10.4 Å². The maximum absolute atomic E-state index is 13.5. The Balaban J connectivity index is 1.44. The second-order valence-electron chi connectivity index (χ2n) is 12.3. The zero-order chi connectivity index (χ0) is 26.8. The average molecular weight is 528 g/mol. The van der Waals surface area contributed by atoms with Crippen molar-refractivity contribution in [3.05, 3.63) is 96.6 Å². The first-order valence-electron chi connectivity index (χ1n) is 14.0. The van der Waals surface area contributed by atoms with Crippen molar-refractivity contribution in [1.82, 2.24) is 4.90 Å². The third-order valence-electron chi connectivity index (χ3n) is 8.16. The van der Waals surface area contributed by atoms with E-state index in [4.69, 9.17) is 9.16 Å². The van der Waals surface area contributed by atoms with Crippen LogP contribution in [0.5, 0.6) is 0 Å². The highest BCUT2D eigenvalue weighted by Crippen LogP contribution is 2.40. The summed E-state index contributed by atoms with van der Waals surface area (Å²) in [6.07, 6.45) is 2.77. The first-order valence-corrected chi connectivity index (χ1v) is 15.9. The van der Waals surface area contributed by atoms with Gasteiger partial charge in [-0.05, 0) is 40.7 Å². The Hall–Kier alpha value is -2.73. The van der Waals surface area contributed by atoms with Gasteiger partial charge in [-0.15, -0.1) is 0 Å². The van der Waals surface area contributed by atoms with Crippen LogP contribution in [0.2, 0.25) is 5.04 Å². The maximum Gasteiger partial charge on any atom is 0.261 e. The lowest BCUT2D eigenvalue weighted by molar-refractivity contribution is -0.135. The molecule has 0 aromatic heterocycles. The van der Waals surface area contributed by atoms with Gasteiger partial charge < -0.3 is 14.1 Å². The molecule has 1 heterocycles. The van der Waals surface area contributed by atoms with Gasteiger partial charge in [0.15, 0.2) is 0 Å². The Morgan fingerprint density at radius 2 is 1.42 bits per heavy atom. The minimum atomic E-state index is -2.69. The first-order chi connectivity index (χ1) is 18.2. The molecule has 1 aliphatic heterocycles. The largest absolute Gasteiger partial charge is 0.405 e. The first kappa shape index (κ1) is 26.9. The molecule has 200 valence electrons. The highest BCUT2D eigenvalue weighted by atomic mass is 28.4. The molecule has 5 heteroatoms. The van der Waals surface area contributed by atoms with Crippen molar-refractivity contribution in [2.45, 2.75) is 70.2 Å². The number of carbonyl (C=O) groups excluding carboxylic acids is 1. The molecule has 2 fully saturated rings. The number of amides is 1. The Morgan fingerprint density at radius 1 is 0.895 bits per heavy atom. The SMILES string of the molecule is CC(C)(C)[Si](OC[C@H]1C[C@](C)(OCc2ccccc2)CN1C(=O)C1CC1)(c1ccccc1)c1ccccc1. The average Bonchev–Trinajstić information content (AvgIpc) is 3.72. The van der Waals surface area contributed by atoms with Crippen molar-refractivity contribution < 1.29 is 14.0 Å². The molecular formula is C33H41NO3Si. The highest BCUT2D eigenvalue weighted by molar-refractivity contribution is 6.99. The highest BCUT2D eigenvalue weighted by Gasteiger charge is 2.52. The molecule has 1 saturated heterocycles. The van der Waals surface area contributed by atoms with Crippen molar-refractivity contribution in [3.8, 4) is 0 Å². The number of carbonyl (C=O) groups is 1. The number of hydrogen-bond acceptors (Lipinski definition) is 3. The molecule has 4 nitrogen and oxygen atoms in total. The summed E-state index contributed by atoms with van der Waals surface area (Å²) in [6.45, 7) is 10.7. The maximum atomic E-state index is 13.5. The van der Waals surface area contributed by atoms with Crippen LogP contribution < -0.4 is 10.4 Å². The molecule has 0 N–H and O–H groups in total. The van der Waals surface area contributed by atoms with Gasteiger partial charge in [-0.1, -0.05) is 112 Å². The number of nitrogens with zero attached hydrogens (tertiary/aromatic N) is 1. The predicted octanol–water partition coefficient (Wildman–Crippen LogP) is 5.55. The van der Waals surface area contributed by atoms with E-state index in [1.807, 2.05) is 18.2 Å². The molecule has 0 bridgehead atoms. The molecule has 5 rings (SSSR count). The van der Waals surface area contributed by atoms with E-state index in [2.05, 4.69) is 105 Å². The van der Waals surface area contributed by atoms with Gasteiger partial charge in [0.25, 0.3) is 8.32 Å². The van der Waals surface area contributed by atoms with Gasteiger partial charge in [-0.3, -0.25) is 4.79 Å². The minimum absolute atomic E-state index is 0.00878. The quantitative estimate of drug-likeness (QED) is 0.343. The van der Waals surface area contributed by atoms with E-state index < -0.39 is 13.9 Å². The van der Waals surface area contributed by atoms with E-state index in [9.17, 15) is 4.79 Å². The molecule has 0 spiro atoms. The Morgan fingerprint density at radius 3 is 1.92 bits per heavy atom. The van der Waals surface area contributed by atoms with Crippen LogP contribution in [0, 0.1) is 5.92 Å². The van der Waals surface area contributed by atoms with E-state index in [-0.39, 0.29) is 22.9 Å². The zero-order valence-corrected chi connectivity index (χ0v) is 24.2. The summed E-state index contributed by atoms with van der Waals surface area (Å²) in [4.78, 5) is 15.6. The molecule has 3 aromatic carbocycles. The standard InChI is InChI=1S/C33H41NO3Si/c1-32(2,3)38(29-16-10-6-11-17-29,30-18-12-7-13-19-30)37-24-28-22-33(4,25-34(28)31(35)27-20-21-27)36-23-26-14-8-5-9-15-26/h5-19,27-28H,20-25H2,1-4H3/t28-,33+/m1/s1. The van der Waals surface area contributed by atoms with Gasteiger partial charge in [0, 0.05) is 18.9 Å². The van der Waals surface area contributed by atoms with Crippen LogP contribution in [0.3, 0.4) is 0 Å². The monoisotopic (exact) mass is 527 g/mol. The molecule has 2 aliphatic rings. The number of hydrogen-bond donors (Lipinski definition) is 0. The van der Waals surface area contributed by atoms with Gasteiger partial charge in [-0.2, -0.15) is 0 Å². The molecule has 1 amide bonds. The summed E-state index contributed by atoms with van der Waals surface area (Å²) in [6, 6.07) is 31.8. The summed E-state index contributed by atoms with van der Waals surface area (Å²) in [7, 11) is -2.69. The fraction of sp³-hybridized carbons (Fsp3) is 0.424. The van der Waals surface area contributed by atoms with Gasteiger partial charge in [0.1, 0.15) is 0 Å². The third-order valence-corrected chi connectivity index (χ3v) is 13.2. The van der Waals surface area contributed by atoms with Crippen molar-refractivity contribution in [2.75, 3.05) is 13.2 Å². The lowest BCUT2D eigenvalue weighted by Crippen LogP contribution is -2.67. The zero-order valence-electron chi connectivity index (χ0n) is 23.2. The summed E-state index contributed by atoms with van der Waals surface area (Å²) >= 11 is 0. The molecule has 1 aliphatic carbocycles. The van der Waals surface area contributed by atoms with Gasteiger partial charge in [-0.25, -0.2) is 0 Å². The normalized spacial score (nSPS) is 22.0. The van der Waals surface area contributed by atoms with Gasteiger partial charge >= 0.3 is 0 Å². The van der Waals surface area contributed by atoms with E-state index in [0.717, 1.165) is 24.8 Å².